The monoisotopic (exact) mass is 303 g/mol. The topological polar surface area (TPSA) is 29.5 Å². The van der Waals surface area contributed by atoms with Crippen molar-refractivity contribution in [3.8, 4) is 0 Å². The minimum Gasteiger partial charge on any atom is -0.370 e. The van der Waals surface area contributed by atoms with E-state index in [1.54, 1.807) is 0 Å². The molecule has 0 bridgehead atoms. The SMILES string of the molecule is CC1CN(C(=O)c2ccc3ccccc3c2)CC(CCl)O1. The van der Waals surface area contributed by atoms with Crippen LogP contribution in [0.4, 0.5) is 0 Å². The van der Waals surface area contributed by atoms with E-state index in [-0.39, 0.29) is 18.1 Å². The summed E-state index contributed by atoms with van der Waals surface area (Å²) in [4.78, 5) is 14.5. The number of halogens is 1. The van der Waals surface area contributed by atoms with Gasteiger partial charge in [-0.05, 0) is 29.8 Å². The molecular formula is C17H18ClNO2. The van der Waals surface area contributed by atoms with Crippen LogP contribution in [0.2, 0.25) is 0 Å². The third-order valence-electron chi connectivity index (χ3n) is 3.78. The number of ether oxygens (including phenoxy) is 1. The van der Waals surface area contributed by atoms with E-state index in [0.717, 1.165) is 16.3 Å². The molecule has 0 radical (unpaired) electrons. The quantitative estimate of drug-likeness (QED) is 0.797. The highest BCUT2D eigenvalue weighted by Gasteiger charge is 2.28. The second kappa shape index (κ2) is 6.04. The van der Waals surface area contributed by atoms with Crippen molar-refractivity contribution in [2.75, 3.05) is 19.0 Å². The molecule has 0 aliphatic carbocycles. The predicted molar refractivity (Wildman–Crippen MR) is 84.9 cm³/mol. The summed E-state index contributed by atoms with van der Waals surface area (Å²) >= 11 is 5.88. The van der Waals surface area contributed by atoms with Crippen LogP contribution in [0, 0.1) is 0 Å². The van der Waals surface area contributed by atoms with Gasteiger partial charge in [-0.1, -0.05) is 30.3 Å². The van der Waals surface area contributed by atoms with Crippen LogP contribution in [0.15, 0.2) is 42.5 Å². The van der Waals surface area contributed by atoms with Crippen LogP contribution in [0.25, 0.3) is 10.8 Å². The van der Waals surface area contributed by atoms with E-state index in [1.165, 1.54) is 0 Å². The third-order valence-corrected chi connectivity index (χ3v) is 4.13. The van der Waals surface area contributed by atoms with Gasteiger partial charge in [0.2, 0.25) is 0 Å². The average molecular weight is 304 g/mol. The first kappa shape index (κ1) is 14.4. The lowest BCUT2D eigenvalue weighted by Gasteiger charge is -2.36. The van der Waals surface area contributed by atoms with Gasteiger partial charge in [0, 0.05) is 18.7 Å². The van der Waals surface area contributed by atoms with Crippen LogP contribution in [-0.4, -0.2) is 42.0 Å². The molecule has 110 valence electrons. The van der Waals surface area contributed by atoms with Crippen molar-refractivity contribution in [2.45, 2.75) is 19.1 Å². The second-order valence-corrected chi connectivity index (χ2v) is 5.80. The summed E-state index contributed by atoms with van der Waals surface area (Å²) in [6.45, 7) is 3.14. The molecule has 0 spiro atoms. The van der Waals surface area contributed by atoms with Crippen LogP contribution in [0.5, 0.6) is 0 Å². The van der Waals surface area contributed by atoms with Gasteiger partial charge in [0.15, 0.2) is 0 Å². The number of carbonyl (C=O) groups excluding carboxylic acids is 1. The highest BCUT2D eigenvalue weighted by Crippen LogP contribution is 2.19. The van der Waals surface area contributed by atoms with E-state index >= 15 is 0 Å². The van der Waals surface area contributed by atoms with Gasteiger partial charge in [-0.3, -0.25) is 4.79 Å². The summed E-state index contributed by atoms with van der Waals surface area (Å²) in [5.74, 6) is 0.456. The Bertz CT molecular complexity index is 658. The van der Waals surface area contributed by atoms with Gasteiger partial charge in [-0.2, -0.15) is 0 Å². The van der Waals surface area contributed by atoms with E-state index in [0.29, 0.717) is 19.0 Å². The van der Waals surface area contributed by atoms with Crippen LogP contribution in [0.1, 0.15) is 17.3 Å². The van der Waals surface area contributed by atoms with Crippen LogP contribution < -0.4 is 0 Å². The molecule has 1 aliphatic rings. The predicted octanol–water partition coefficient (Wildman–Crippen LogP) is 3.31. The number of nitrogens with zero attached hydrogens (tertiary/aromatic N) is 1. The Labute approximate surface area is 129 Å². The van der Waals surface area contributed by atoms with Crippen molar-refractivity contribution >= 4 is 28.3 Å². The van der Waals surface area contributed by atoms with Gasteiger partial charge >= 0.3 is 0 Å². The molecule has 1 amide bonds. The molecule has 1 saturated heterocycles. The molecule has 4 heteroatoms. The van der Waals surface area contributed by atoms with Gasteiger partial charge in [0.25, 0.3) is 5.91 Å². The molecular weight excluding hydrogens is 286 g/mol. The average Bonchev–Trinajstić information content (AvgIpc) is 2.53. The number of alkyl halides is 1. The van der Waals surface area contributed by atoms with Gasteiger partial charge in [0.1, 0.15) is 0 Å². The number of rotatable bonds is 2. The minimum absolute atomic E-state index is 0.0203. The van der Waals surface area contributed by atoms with E-state index in [1.807, 2.05) is 54.3 Å². The maximum absolute atomic E-state index is 12.7. The lowest BCUT2D eigenvalue weighted by atomic mass is 10.1. The molecule has 2 atom stereocenters. The molecule has 2 aromatic carbocycles. The molecule has 2 unspecified atom stereocenters. The lowest BCUT2D eigenvalue weighted by Crippen LogP contribution is -2.49. The van der Waals surface area contributed by atoms with E-state index < -0.39 is 0 Å². The van der Waals surface area contributed by atoms with Crippen LogP contribution in [-0.2, 0) is 4.74 Å². The lowest BCUT2D eigenvalue weighted by molar-refractivity contribution is -0.0570. The van der Waals surface area contributed by atoms with Crippen molar-refractivity contribution in [3.05, 3.63) is 48.0 Å². The molecule has 1 fully saturated rings. The number of hydrogen-bond acceptors (Lipinski definition) is 2. The second-order valence-electron chi connectivity index (χ2n) is 5.50. The van der Waals surface area contributed by atoms with Gasteiger partial charge < -0.3 is 9.64 Å². The number of morpholine rings is 1. The molecule has 3 rings (SSSR count). The molecule has 2 aromatic rings. The summed E-state index contributed by atoms with van der Waals surface area (Å²) in [6, 6.07) is 13.9. The molecule has 1 heterocycles. The normalized spacial score (nSPS) is 22.5. The van der Waals surface area contributed by atoms with E-state index in [4.69, 9.17) is 16.3 Å². The van der Waals surface area contributed by atoms with Crippen LogP contribution >= 0.6 is 11.6 Å². The number of benzene rings is 2. The van der Waals surface area contributed by atoms with Gasteiger partial charge in [-0.25, -0.2) is 0 Å². The Kier molecular flexibility index (Phi) is 4.13. The Morgan fingerprint density at radius 2 is 2.00 bits per heavy atom. The number of hydrogen-bond donors (Lipinski definition) is 0. The molecule has 3 nitrogen and oxygen atoms in total. The zero-order valence-corrected chi connectivity index (χ0v) is 12.7. The smallest absolute Gasteiger partial charge is 0.254 e. The molecule has 21 heavy (non-hydrogen) atoms. The molecule has 0 saturated carbocycles. The van der Waals surface area contributed by atoms with Crippen molar-refractivity contribution in [2.24, 2.45) is 0 Å². The molecule has 1 aliphatic heterocycles. The first-order chi connectivity index (χ1) is 10.2. The minimum atomic E-state index is -0.0835. The van der Waals surface area contributed by atoms with Gasteiger partial charge in [0.05, 0.1) is 18.1 Å². The standard InChI is InChI=1S/C17H18ClNO2/c1-12-10-19(11-16(9-18)21-12)17(20)15-7-6-13-4-2-3-5-14(13)8-15/h2-8,12,16H,9-11H2,1H3. The highest BCUT2D eigenvalue weighted by molar-refractivity contribution is 6.18. The van der Waals surface area contributed by atoms with Gasteiger partial charge in [-0.15, -0.1) is 11.6 Å². The fourth-order valence-corrected chi connectivity index (χ4v) is 2.97. The molecule has 0 N–H and O–H groups in total. The van der Waals surface area contributed by atoms with Crippen molar-refractivity contribution < 1.29 is 9.53 Å². The number of carbonyl (C=O) groups is 1. The Morgan fingerprint density at radius 1 is 1.24 bits per heavy atom. The third kappa shape index (κ3) is 3.04. The van der Waals surface area contributed by atoms with E-state index in [2.05, 4.69) is 0 Å². The maximum Gasteiger partial charge on any atom is 0.254 e. The van der Waals surface area contributed by atoms with E-state index in [9.17, 15) is 4.79 Å². The Morgan fingerprint density at radius 3 is 2.76 bits per heavy atom. The summed E-state index contributed by atoms with van der Waals surface area (Å²) in [7, 11) is 0. The summed E-state index contributed by atoms with van der Waals surface area (Å²) in [5.41, 5.74) is 0.719. The van der Waals surface area contributed by atoms with Crippen molar-refractivity contribution in [3.63, 3.8) is 0 Å². The first-order valence-electron chi connectivity index (χ1n) is 7.17. The Hall–Kier alpha value is -1.58. The first-order valence-corrected chi connectivity index (χ1v) is 7.70. The summed E-state index contributed by atoms with van der Waals surface area (Å²) in [5, 5.41) is 2.22. The zero-order chi connectivity index (χ0) is 14.8. The highest BCUT2D eigenvalue weighted by atomic mass is 35.5. The fourth-order valence-electron chi connectivity index (χ4n) is 2.80. The Balaban J connectivity index is 1.85. The van der Waals surface area contributed by atoms with Crippen molar-refractivity contribution in [1.82, 2.24) is 4.90 Å². The number of fused-ring (bicyclic) bond motifs is 1. The zero-order valence-electron chi connectivity index (χ0n) is 12.0. The van der Waals surface area contributed by atoms with Crippen LogP contribution in [0.3, 0.4) is 0 Å². The molecule has 0 aromatic heterocycles. The van der Waals surface area contributed by atoms with Crippen molar-refractivity contribution in [1.29, 1.82) is 0 Å². The summed E-state index contributed by atoms with van der Waals surface area (Å²) < 4.78 is 5.70. The summed E-state index contributed by atoms with van der Waals surface area (Å²) in [6.07, 6.45) is -0.0632. The fraction of sp³-hybridized carbons (Fsp3) is 0.353. The largest absolute Gasteiger partial charge is 0.370 e. The number of amides is 1. The maximum atomic E-state index is 12.7.